The fourth-order valence-electron chi connectivity index (χ4n) is 7.28. The number of hydrogen-bond acceptors (Lipinski definition) is 2. The molecule has 0 aliphatic carbocycles. The Kier molecular flexibility index (Phi) is 6.07. The molecule has 0 spiro atoms. The molecular weight excluding hydrogens is 552 g/mol. The summed E-state index contributed by atoms with van der Waals surface area (Å²) in [5, 5.41) is 2.19. The summed E-state index contributed by atoms with van der Waals surface area (Å²) in [6.07, 6.45) is 0. The minimum atomic E-state index is -0.319. The number of hydrogen-bond donors (Lipinski definition) is 0. The summed E-state index contributed by atoms with van der Waals surface area (Å²) < 4.78 is 2.19. The molecule has 0 saturated carbocycles. The zero-order valence-corrected chi connectivity index (χ0v) is 25.3. The molecule has 2 amide bonds. The zero-order chi connectivity index (χ0) is 30.8. The molecule has 0 saturated heterocycles. The normalized spacial score (nSPS) is 12.8. The third-order valence-corrected chi connectivity index (χ3v) is 9.00. The molecule has 216 valence electrons. The number of rotatable bonds is 4. The van der Waals surface area contributed by atoms with Crippen molar-refractivity contribution in [2.75, 3.05) is 4.90 Å². The van der Waals surface area contributed by atoms with E-state index in [-0.39, 0.29) is 11.8 Å². The van der Waals surface area contributed by atoms with E-state index in [0.717, 1.165) is 38.5 Å². The number of imide groups is 1. The number of fused-ring (bicyclic) bond motifs is 4. The van der Waals surface area contributed by atoms with Gasteiger partial charge in [0.25, 0.3) is 11.8 Å². The van der Waals surface area contributed by atoms with Gasteiger partial charge in [0.05, 0.1) is 33.5 Å². The van der Waals surface area contributed by atoms with Crippen LogP contribution in [0.25, 0.3) is 49.7 Å². The zero-order valence-electron chi connectivity index (χ0n) is 25.3. The predicted octanol–water partition coefficient (Wildman–Crippen LogP) is 9.84. The highest BCUT2D eigenvalue weighted by Crippen LogP contribution is 2.43. The van der Waals surface area contributed by atoms with E-state index in [4.69, 9.17) is 0 Å². The summed E-state index contributed by atoms with van der Waals surface area (Å²) in [6, 6.07) is 42.3. The van der Waals surface area contributed by atoms with E-state index < -0.39 is 0 Å². The molecule has 0 fully saturated rings. The molecule has 0 N–H and O–H groups in total. The number of amides is 2. The first-order valence-corrected chi connectivity index (χ1v) is 15.2. The van der Waals surface area contributed by atoms with Gasteiger partial charge in [-0.15, -0.1) is 0 Å². The molecule has 0 unspecified atom stereocenters. The molecule has 8 rings (SSSR count). The van der Waals surface area contributed by atoms with E-state index >= 15 is 0 Å². The van der Waals surface area contributed by atoms with Crippen molar-refractivity contribution in [3.05, 3.63) is 155 Å². The lowest BCUT2D eigenvalue weighted by atomic mass is 9.92. The Morgan fingerprint density at radius 2 is 1.09 bits per heavy atom. The maximum Gasteiger partial charge on any atom is 0.268 e. The highest BCUT2D eigenvalue weighted by molar-refractivity contribution is 6.36. The van der Waals surface area contributed by atoms with E-state index in [1.165, 1.54) is 27.2 Å². The topological polar surface area (TPSA) is 42.3 Å². The van der Waals surface area contributed by atoms with Crippen molar-refractivity contribution < 1.29 is 9.59 Å². The number of nitrogens with zero attached hydrogens (tertiary/aromatic N) is 2. The maximum atomic E-state index is 14.6. The van der Waals surface area contributed by atoms with Gasteiger partial charge in [-0.25, -0.2) is 4.90 Å². The molecular formula is C41H30N2O2. The predicted molar refractivity (Wildman–Crippen MR) is 183 cm³/mol. The van der Waals surface area contributed by atoms with Gasteiger partial charge in [0, 0.05) is 21.9 Å². The largest absolute Gasteiger partial charge is 0.308 e. The lowest BCUT2D eigenvalue weighted by Gasteiger charge is -2.19. The molecule has 7 aromatic rings. The van der Waals surface area contributed by atoms with E-state index in [0.29, 0.717) is 22.5 Å². The third kappa shape index (κ3) is 3.99. The van der Waals surface area contributed by atoms with Crippen molar-refractivity contribution in [1.29, 1.82) is 0 Å². The van der Waals surface area contributed by atoms with Crippen LogP contribution < -0.4 is 4.90 Å². The van der Waals surface area contributed by atoms with Crippen molar-refractivity contribution in [1.82, 2.24) is 4.57 Å². The van der Waals surface area contributed by atoms with Crippen molar-refractivity contribution in [2.45, 2.75) is 20.8 Å². The molecule has 0 radical (unpaired) electrons. The van der Waals surface area contributed by atoms with Gasteiger partial charge in [0.2, 0.25) is 0 Å². The van der Waals surface area contributed by atoms with Gasteiger partial charge in [-0.2, -0.15) is 0 Å². The molecule has 2 heterocycles. The Labute approximate surface area is 261 Å². The Morgan fingerprint density at radius 3 is 1.89 bits per heavy atom. The number of aryl methyl sites for hydroxylation is 3. The Morgan fingerprint density at radius 1 is 0.489 bits per heavy atom. The number of carbonyl (C=O) groups excluding carboxylic acids is 2. The lowest BCUT2D eigenvalue weighted by Crippen LogP contribution is -2.30. The summed E-state index contributed by atoms with van der Waals surface area (Å²) in [7, 11) is 0. The summed E-state index contributed by atoms with van der Waals surface area (Å²) in [5.41, 5.74) is 11.8. The summed E-state index contributed by atoms with van der Waals surface area (Å²) >= 11 is 0. The molecule has 4 nitrogen and oxygen atoms in total. The monoisotopic (exact) mass is 582 g/mol. The van der Waals surface area contributed by atoms with Crippen molar-refractivity contribution in [2.24, 2.45) is 0 Å². The maximum absolute atomic E-state index is 14.6. The number of anilines is 1. The van der Waals surface area contributed by atoms with Crippen molar-refractivity contribution >= 4 is 39.3 Å². The quantitative estimate of drug-likeness (QED) is 0.194. The standard InChI is InChI=1S/C41H30N2O2/c1-25-23-26(2)37(27(3)24-25)32-18-11-17-31-30-16-8-10-21-35(30)42(39(31)32)36-22-12-19-33-38(36)41(45)43(40(33)44)34-20-9-7-15-29(34)28-13-5-4-6-14-28/h4-24H,1-3H3. The highest BCUT2D eigenvalue weighted by atomic mass is 16.2. The molecule has 1 aliphatic rings. The number of aromatic nitrogens is 1. The number of para-hydroxylation sites is 3. The average molecular weight is 583 g/mol. The van der Waals surface area contributed by atoms with Gasteiger partial charge in [-0.05, 0) is 67.3 Å². The minimum Gasteiger partial charge on any atom is -0.308 e. The Balaban J connectivity index is 1.41. The smallest absolute Gasteiger partial charge is 0.268 e. The fourth-order valence-corrected chi connectivity index (χ4v) is 7.28. The molecule has 45 heavy (non-hydrogen) atoms. The van der Waals surface area contributed by atoms with Crippen LogP contribution in [0, 0.1) is 20.8 Å². The molecule has 0 bridgehead atoms. The highest BCUT2D eigenvalue weighted by Gasteiger charge is 2.40. The SMILES string of the molecule is Cc1cc(C)c(-c2cccc3c4ccccc4n(-c4cccc5c4C(=O)N(c4ccccc4-c4ccccc4)C5=O)c23)c(C)c1. The van der Waals surface area contributed by atoms with Crippen LogP contribution in [0.1, 0.15) is 37.4 Å². The van der Waals surface area contributed by atoms with Crippen LogP contribution >= 0.6 is 0 Å². The van der Waals surface area contributed by atoms with Gasteiger partial charge < -0.3 is 4.57 Å². The molecule has 1 aromatic heterocycles. The van der Waals surface area contributed by atoms with E-state index in [1.807, 2.05) is 78.9 Å². The third-order valence-electron chi connectivity index (χ3n) is 9.00. The lowest BCUT2D eigenvalue weighted by molar-refractivity contribution is 0.0926. The van der Waals surface area contributed by atoms with Crippen LogP contribution in [0.2, 0.25) is 0 Å². The van der Waals surface area contributed by atoms with Crippen LogP contribution in [-0.4, -0.2) is 16.4 Å². The van der Waals surface area contributed by atoms with Crippen LogP contribution in [-0.2, 0) is 0 Å². The van der Waals surface area contributed by atoms with Gasteiger partial charge in [-0.1, -0.05) is 109 Å². The number of benzene rings is 6. The fraction of sp³-hybridized carbons (Fsp3) is 0.0732. The second kappa shape index (κ2) is 10.2. The summed E-state index contributed by atoms with van der Waals surface area (Å²) in [6.45, 7) is 6.44. The first-order chi connectivity index (χ1) is 21.9. The van der Waals surface area contributed by atoms with E-state index in [1.54, 1.807) is 6.07 Å². The minimum absolute atomic E-state index is 0.313. The second-order valence-corrected chi connectivity index (χ2v) is 11.9. The van der Waals surface area contributed by atoms with E-state index in [2.05, 4.69) is 67.8 Å². The van der Waals surface area contributed by atoms with E-state index in [9.17, 15) is 9.59 Å². The Bertz CT molecular complexity index is 2320. The van der Waals surface area contributed by atoms with Crippen LogP contribution in [0.5, 0.6) is 0 Å². The molecule has 0 atom stereocenters. The first-order valence-electron chi connectivity index (χ1n) is 15.2. The van der Waals surface area contributed by atoms with Gasteiger partial charge in [-0.3, -0.25) is 9.59 Å². The first kappa shape index (κ1) is 26.9. The van der Waals surface area contributed by atoms with Gasteiger partial charge >= 0.3 is 0 Å². The molecule has 4 heteroatoms. The second-order valence-electron chi connectivity index (χ2n) is 11.9. The average Bonchev–Trinajstić information content (AvgIpc) is 3.52. The van der Waals surface area contributed by atoms with Gasteiger partial charge in [0.15, 0.2) is 0 Å². The van der Waals surface area contributed by atoms with Crippen molar-refractivity contribution in [3.63, 3.8) is 0 Å². The molecule has 6 aromatic carbocycles. The van der Waals surface area contributed by atoms with Gasteiger partial charge in [0.1, 0.15) is 0 Å². The van der Waals surface area contributed by atoms with Crippen LogP contribution in [0.15, 0.2) is 127 Å². The van der Waals surface area contributed by atoms with Crippen LogP contribution in [0.4, 0.5) is 5.69 Å². The molecule has 1 aliphatic heterocycles. The summed E-state index contributed by atoms with van der Waals surface area (Å²) in [4.78, 5) is 30.1. The van der Waals surface area contributed by atoms with Crippen LogP contribution in [0.3, 0.4) is 0 Å². The van der Waals surface area contributed by atoms with Crippen molar-refractivity contribution in [3.8, 4) is 27.9 Å². The summed E-state index contributed by atoms with van der Waals surface area (Å²) in [5.74, 6) is -0.633. The number of carbonyl (C=O) groups is 2. The Hall–Kier alpha value is -5.74.